The first kappa shape index (κ1) is 21.7. The van der Waals surface area contributed by atoms with E-state index in [2.05, 4.69) is 17.2 Å². The Morgan fingerprint density at radius 1 is 1.11 bits per heavy atom. The molecule has 0 aliphatic carbocycles. The minimum atomic E-state index is -0.707. The molecular weight excluding hydrogens is 355 g/mol. The van der Waals surface area contributed by atoms with E-state index in [0.29, 0.717) is 17.9 Å². The van der Waals surface area contributed by atoms with Gasteiger partial charge < -0.3 is 20.1 Å². The maximum atomic E-state index is 13.7. The lowest BCUT2D eigenvalue weighted by Crippen LogP contribution is -2.42. The Morgan fingerprint density at radius 3 is 2.39 bits per heavy atom. The van der Waals surface area contributed by atoms with Crippen LogP contribution in [0.1, 0.15) is 31.9 Å². The fourth-order valence-electron chi connectivity index (χ4n) is 2.37. The standard InChI is InChI=1S/C23H29FN2O2/c1-23(2,3)25-15-21(27)16-28-22-14-19(24)11-10-18(22)9-6-17-7-12-20(13-8-17)26(4)5/h7-8,10-14,21,25,27H,15-16H2,1-5H3. The van der Waals surface area contributed by atoms with E-state index in [-0.39, 0.29) is 12.1 Å². The normalized spacial score (nSPS) is 12.1. The van der Waals surface area contributed by atoms with Crippen molar-refractivity contribution in [2.45, 2.75) is 32.4 Å². The summed E-state index contributed by atoms with van der Waals surface area (Å²) in [4.78, 5) is 2.02. The van der Waals surface area contributed by atoms with Gasteiger partial charge in [0.2, 0.25) is 0 Å². The summed E-state index contributed by atoms with van der Waals surface area (Å²) in [5.41, 5.74) is 2.43. The maximum absolute atomic E-state index is 13.7. The molecule has 2 aromatic carbocycles. The lowest BCUT2D eigenvalue weighted by Gasteiger charge is -2.23. The summed E-state index contributed by atoms with van der Waals surface area (Å²) in [6.07, 6.45) is -0.707. The smallest absolute Gasteiger partial charge is 0.137 e. The number of ether oxygens (including phenoxy) is 1. The molecule has 2 aromatic rings. The highest BCUT2D eigenvalue weighted by molar-refractivity contribution is 5.53. The third kappa shape index (κ3) is 7.22. The third-order valence-electron chi connectivity index (χ3n) is 3.97. The lowest BCUT2D eigenvalue weighted by molar-refractivity contribution is 0.0997. The van der Waals surface area contributed by atoms with Crippen molar-refractivity contribution in [3.05, 3.63) is 59.4 Å². The van der Waals surface area contributed by atoms with Crippen LogP contribution in [0.2, 0.25) is 0 Å². The first-order valence-corrected chi connectivity index (χ1v) is 9.29. The minimum Gasteiger partial charge on any atom is -0.489 e. The molecule has 0 bridgehead atoms. The molecule has 150 valence electrons. The molecule has 0 fully saturated rings. The number of β-amino-alcohol motifs (C(OH)–C–C–N with tert-alkyl or cyclic N) is 1. The second kappa shape index (κ2) is 9.59. The van der Waals surface area contributed by atoms with Crippen LogP contribution in [0, 0.1) is 17.7 Å². The SMILES string of the molecule is CN(C)c1ccc(C#Cc2ccc(F)cc2OCC(O)CNC(C)(C)C)cc1. The topological polar surface area (TPSA) is 44.7 Å². The summed E-state index contributed by atoms with van der Waals surface area (Å²) in [7, 11) is 3.96. The number of aliphatic hydroxyl groups is 1. The van der Waals surface area contributed by atoms with E-state index < -0.39 is 11.9 Å². The summed E-state index contributed by atoms with van der Waals surface area (Å²) < 4.78 is 19.3. The zero-order chi connectivity index (χ0) is 20.7. The molecule has 2 N–H and O–H groups in total. The molecule has 4 nitrogen and oxygen atoms in total. The predicted octanol–water partition coefficient (Wildman–Crippen LogP) is 3.42. The highest BCUT2D eigenvalue weighted by Crippen LogP contribution is 2.20. The molecule has 0 heterocycles. The average Bonchev–Trinajstić information content (AvgIpc) is 2.63. The summed E-state index contributed by atoms with van der Waals surface area (Å²) in [5, 5.41) is 13.3. The van der Waals surface area contributed by atoms with E-state index in [1.807, 2.05) is 64.0 Å². The Kier molecular flexibility index (Phi) is 7.45. The zero-order valence-corrected chi connectivity index (χ0v) is 17.2. The van der Waals surface area contributed by atoms with Crippen LogP contribution in [-0.2, 0) is 0 Å². The molecule has 0 radical (unpaired) electrons. The van der Waals surface area contributed by atoms with Gasteiger partial charge in [-0.25, -0.2) is 4.39 Å². The molecule has 5 heteroatoms. The summed E-state index contributed by atoms with van der Waals surface area (Å²) in [5.74, 6) is 6.03. The van der Waals surface area contributed by atoms with E-state index in [0.717, 1.165) is 11.3 Å². The van der Waals surface area contributed by atoms with Crippen molar-refractivity contribution in [2.24, 2.45) is 0 Å². The van der Waals surface area contributed by atoms with Crippen molar-refractivity contribution < 1.29 is 14.2 Å². The largest absolute Gasteiger partial charge is 0.489 e. The van der Waals surface area contributed by atoms with Crippen molar-refractivity contribution in [3.63, 3.8) is 0 Å². The molecule has 0 amide bonds. The van der Waals surface area contributed by atoms with Gasteiger partial charge in [-0.1, -0.05) is 11.8 Å². The molecule has 2 rings (SSSR count). The molecule has 0 aliphatic rings. The van der Waals surface area contributed by atoms with E-state index in [1.165, 1.54) is 12.1 Å². The van der Waals surface area contributed by atoms with Crippen LogP contribution in [0.4, 0.5) is 10.1 Å². The number of hydrogen-bond acceptors (Lipinski definition) is 4. The van der Waals surface area contributed by atoms with E-state index in [4.69, 9.17) is 4.74 Å². The van der Waals surface area contributed by atoms with Crippen molar-refractivity contribution in [3.8, 4) is 17.6 Å². The van der Waals surface area contributed by atoms with Gasteiger partial charge in [-0.15, -0.1) is 0 Å². The van der Waals surface area contributed by atoms with Crippen molar-refractivity contribution in [1.82, 2.24) is 5.32 Å². The number of hydrogen-bond donors (Lipinski definition) is 2. The molecule has 1 atom stereocenters. The van der Waals surface area contributed by atoms with Gasteiger partial charge in [0.1, 0.15) is 24.3 Å². The maximum Gasteiger partial charge on any atom is 0.137 e. The highest BCUT2D eigenvalue weighted by atomic mass is 19.1. The van der Waals surface area contributed by atoms with Gasteiger partial charge in [0.25, 0.3) is 0 Å². The Balaban J connectivity index is 2.08. The molecule has 1 unspecified atom stereocenters. The lowest BCUT2D eigenvalue weighted by atomic mass is 10.1. The van der Waals surface area contributed by atoms with Crippen LogP contribution in [-0.4, -0.2) is 44.0 Å². The number of nitrogens with zero attached hydrogens (tertiary/aromatic N) is 1. The number of benzene rings is 2. The number of nitrogens with one attached hydrogen (secondary N) is 1. The van der Waals surface area contributed by atoms with Crippen LogP contribution in [0.5, 0.6) is 5.75 Å². The number of rotatable bonds is 6. The van der Waals surface area contributed by atoms with E-state index in [9.17, 15) is 9.50 Å². The quantitative estimate of drug-likeness (QED) is 0.749. The summed E-state index contributed by atoms with van der Waals surface area (Å²) >= 11 is 0. The van der Waals surface area contributed by atoms with E-state index >= 15 is 0 Å². The van der Waals surface area contributed by atoms with Crippen LogP contribution < -0.4 is 15.0 Å². The van der Waals surface area contributed by atoms with Gasteiger partial charge in [-0.05, 0) is 57.2 Å². The monoisotopic (exact) mass is 384 g/mol. The molecule has 0 saturated carbocycles. The molecule has 0 aromatic heterocycles. The third-order valence-corrected chi connectivity index (χ3v) is 3.97. The fourth-order valence-corrected chi connectivity index (χ4v) is 2.37. The summed E-state index contributed by atoms with van der Waals surface area (Å²) in [6.45, 7) is 6.50. The number of anilines is 1. The minimum absolute atomic E-state index is 0.0543. The average molecular weight is 384 g/mol. The van der Waals surface area contributed by atoms with Gasteiger partial charge in [0, 0.05) is 43.5 Å². The second-order valence-corrected chi connectivity index (χ2v) is 7.93. The molecule has 0 aliphatic heterocycles. The van der Waals surface area contributed by atoms with Gasteiger partial charge in [-0.3, -0.25) is 0 Å². The predicted molar refractivity (Wildman–Crippen MR) is 112 cm³/mol. The van der Waals surface area contributed by atoms with Crippen LogP contribution in [0.3, 0.4) is 0 Å². The zero-order valence-electron chi connectivity index (χ0n) is 17.2. The highest BCUT2D eigenvalue weighted by Gasteiger charge is 2.13. The fraction of sp³-hybridized carbons (Fsp3) is 0.391. The van der Waals surface area contributed by atoms with Crippen LogP contribution in [0.15, 0.2) is 42.5 Å². The molecule has 0 spiro atoms. The van der Waals surface area contributed by atoms with Crippen molar-refractivity contribution in [1.29, 1.82) is 0 Å². The second-order valence-electron chi connectivity index (χ2n) is 7.93. The van der Waals surface area contributed by atoms with Gasteiger partial charge in [0.05, 0.1) is 5.56 Å². The molecule has 28 heavy (non-hydrogen) atoms. The molecule has 0 saturated heterocycles. The van der Waals surface area contributed by atoms with Crippen molar-refractivity contribution in [2.75, 3.05) is 32.1 Å². The van der Waals surface area contributed by atoms with E-state index in [1.54, 1.807) is 6.07 Å². The number of halogens is 1. The first-order chi connectivity index (χ1) is 13.1. The first-order valence-electron chi connectivity index (χ1n) is 9.29. The van der Waals surface area contributed by atoms with Gasteiger partial charge in [0.15, 0.2) is 0 Å². The van der Waals surface area contributed by atoms with Gasteiger partial charge in [-0.2, -0.15) is 0 Å². The van der Waals surface area contributed by atoms with Crippen LogP contribution in [0.25, 0.3) is 0 Å². The van der Waals surface area contributed by atoms with Crippen molar-refractivity contribution >= 4 is 5.69 Å². The Morgan fingerprint density at radius 2 is 1.79 bits per heavy atom. The Bertz CT molecular complexity index is 830. The molecular formula is C23H29FN2O2. The van der Waals surface area contributed by atoms with Gasteiger partial charge >= 0.3 is 0 Å². The summed E-state index contributed by atoms with van der Waals surface area (Å²) in [6, 6.07) is 12.1. The Labute approximate surface area is 167 Å². The Hall–Kier alpha value is -2.55. The van der Waals surface area contributed by atoms with Crippen LogP contribution >= 0.6 is 0 Å². The number of aliphatic hydroxyl groups excluding tert-OH is 1.